The maximum Gasteiger partial charge on any atom is 0.240 e. The van der Waals surface area contributed by atoms with Crippen LogP contribution in [0.4, 0.5) is 0 Å². The van der Waals surface area contributed by atoms with Gasteiger partial charge in [-0.2, -0.15) is 0 Å². The summed E-state index contributed by atoms with van der Waals surface area (Å²) < 4.78 is 0. The molecule has 4 atom stereocenters. The van der Waals surface area contributed by atoms with Crippen molar-refractivity contribution in [1.82, 2.24) is 15.1 Å². The number of hydrogen-bond donors (Lipinski definition) is 2. The molecule has 2 saturated heterocycles. The van der Waals surface area contributed by atoms with Gasteiger partial charge in [0.05, 0.1) is 11.6 Å². The number of nitrogens with zero attached hydrogens (tertiary/aromatic N) is 2. The van der Waals surface area contributed by atoms with Crippen LogP contribution in [-0.2, 0) is 39.9 Å². The van der Waals surface area contributed by atoms with E-state index in [9.17, 15) is 9.90 Å². The molecule has 52 heavy (non-hydrogen) atoms. The molecule has 5 nitrogen and oxygen atoms in total. The number of carbonyl (C=O) groups excluding carboxylic acids is 1. The van der Waals surface area contributed by atoms with Crippen molar-refractivity contribution in [3.63, 3.8) is 0 Å². The molecular formula is C46H58ClN3O2. The van der Waals surface area contributed by atoms with Gasteiger partial charge in [0, 0.05) is 19.6 Å². The van der Waals surface area contributed by atoms with Crippen molar-refractivity contribution in [2.75, 3.05) is 19.6 Å². The van der Waals surface area contributed by atoms with Crippen molar-refractivity contribution in [3.05, 3.63) is 143 Å². The van der Waals surface area contributed by atoms with Gasteiger partial charge in [0.2, 0.25) is 5.91 Å². The van der Waals surface area contributed by atoms with E-state index in [1.165, 1.54) is 11.1 Å². The van der Waals surface area contributed by atoms with E-state index in [2.05, 4.69) is 136 Å². The zero-order valence-electron chi connectivity index (χ0n) is 32.0. The standard InChI is InChI=1S/C46H58ClN3O2/c1-43(2,3)36-21-13-23-38(29-36)45(25-15-27-49(33-45)31-34-17-9-7-10-18-34)48-42(51)40(47)41-46(52,39-24-14-22-37(30-39)44(4,5)6)26-16-28-50(41)32-35-19-11-8-12-20-35/h7-14,17-24,29-30,40-41,52H,15-16,25-28,31-33H2,1-6H3,(H,48,51). The van der Waals surface area contributed by atoms with Gasteiger partial charge < -0.3 is 10.4 Å². The first kappa shape index (κ1) is 38.3. The van der Waals surface area contributed by atoms with Crippen LogP contribution in [0.25, 0.3) is 0 Å². The Morgan fingerprint density at radius 2 is 1.29 bits per heavy atom. The van der Waals surface area contributed by atoms with Crippen LogP contribution < -0.4 is 5.32 Å². The number of carbonyl (C=O) groups is 1. The molecule has 4 aromatic rings. The van der Waals surface area contributed by atoms with Crippen LogP contribution in [0.15, 0.2) is 109 Å². The molecule has 4 aromatic carbocycles. The van der Waals surface area contributed by atoms with Gasteiger partial charge in [-0.05, 0) is 83.0 Å². The third-order valence-electron chi connectivity index (χ3n) is 11.3. The van der Waals surface area contributed by atoms with E-state index in [0.717, 1.165) is 61.2 Å². The molecule has 0 radical (unpaired) electrons. The predicted octanol–water partition coefficient (Wildman–Crippen LogP) is 9.05. The van der Waals surface area contributed by atoms with E-state index in [1.807, 2.05) is 30.3 Å². The quantitative estimate of drug-likeness (QED) is 0.170. The monoisotopic (exact) mass is 719 g/mol. The number of piperidine rings is 2. The molecule has 4 unspecified atom stereocenters. The van der Waals surface area contributed by atoms with E-state index in [-0.39, 0.29) is 16.7 Å². The molecule has 2 heterocycles. The summed E-state index contributed by atoms with van der Waals surface area (Å²) in [6.07, 6.45) is 3.06. The van der Waals surface area contributed by atoms with Crippen LogP contribution >= 0.6 is 11.6 Å². The third kappa shape index (κ3) is 8.50. The second kappa shape index (κ2) is 15.5. The number of likely N-dealkylation sites (tertiary alicyclic amines) is 2. The van der Waals surface area contributed by atoms with E-state index in [1.54, 1.807) is 0 Å². The normalized spacial score (nSPS) is 24.0. The van der Waals surface area contributed by atoms with Gasteiger partial charge in [-0.15, -0.1) is 11.6 Å². The summed E-state index contributed by atoms with van der Waals surface area (Å²) in [4.78, 5) is 19.7. The van der Waals surface area contributed by atoms with Crippen LogP contribution in [0.2, 0.25) is 0 Å². The number of nitrogens with one attached hydrogen (secondary N) is 1. The minimum absolute atomic E-state index is 0.0489. The molecule has 1 amide bonds. The van der Waals surface area contributed by atoms with Gasteiger partial charge in [0.25, 0.3) is 0 Å². The fourth-order valence-electron chi connectivity index (χ4n) is 8.40. The van der Waals surface area contributed by atoms with Crippen LogP contribution in [0.3, 0.4) is 0 Å². The average molecular weight is 720 g/mol. The van der Waals surface area contributed by atoms with Crippen molar-refractivity contribution < 1.29 is 9.90 Å². The molecule has 0 bridgehead atoms. The predicted molar refractivity (Wildman–Crippen MR) is 214 cm³/mol. The van der Waals surface area contributed by atoms with Crippen LogP contribution in [0.1, 0.15) is 101 Å². The molecule has 6 heteroatoms. The van der Waals surface area contributed by atoms with Gasteiger partial charge in [0.1, 0.15) is 11.0 Å². The number of aliphatic hydroxyl groups is 1. The van der Waals surface area contributed by atoms with Gasteiger partial charge in [-0.1, -0.05) is 151 Å². The highest BCUT2D eigenvalue weighted by Crippen LogP contribution is 2.43. The Labute approximate surface area is 317 Å². The number of rotatable bonds is 9. The fraction of sp³-hybridized carbons (Fsp3) is 0.457. The first-order valence-electron chi connectivity index (χ1n) is 19.1. The Kier molecular flexibility index (Phi) is 11.4. The molecular weight excluding hydrogens is 662 g/mol. The molecule has 0 saturated carbocycles. The third-order valence-corrected chi connectivity index (χ3v) is 11.8. The minimum Gasteiger partial charge on any atom is -0.383 e. The first-order chi connectivity index (χ1) is 24.7. The summed E-state index contributed by atoms with van der Waals surface area (Å²) in [7, 11) is 0. The van der Waals surface area contributed by atoms with Crippen molar-refractivity contribution in [2.24, 2.45) is 0 Å². The van der Waals surface area contributed by atoms with Crippen molar-refractivity contribution in [2.45, 2.75) is 114 Å². The molecule has 2 aliphatic heterocycles. The summed E-state index contributed by atoms with van der Waals surface area (Å²) in [5, 5.41) is 15.5. The van der Waals surface area contributed by atoms with E-state index in [0.29, 0.717) is 19.5 Å². The largest absolute Gasteiger partial charge is 0.383 e. The summed E-state index contributed by atoms with van der Waals surface area (Å²) in [6.45, 7) is 17.0. The van der Waals surface area contributed by atoms with Crippen molar-refractivity contribution in [1.29, 1.82) is 0 Å². The summed E-state index contributed by atoms with van der Waals surface area (Å²) >= 11 is 7.55. The summed E-state index contributed by atoms with van der Waals surface area (Å²) in [6, 6.07) is 37.3. The SMILES string of the molecule is CC(C)(C)c1cccc(C2(NC(=O)C(Cl)C3N(Cc4ccccc4)CCCC3(O)c3cccc(C(C)(C)C)c3)CCCN(Cc3ccccc3)C2)c1. The Morgan fingerprint density at radius 1 is 0.750 bits per heavy atom. The highest BCUT2D eigenvalue weighted by molar-refractivity contribution is 6.31. The molecule has 6 rings (SSSR count). The van der Waals surface area contributed by atoms with Gasteiger partial charge in [-0.25, -0.2) is 0 Å². The van der Waals surface area contributed by atoms with Gasteiger partial charge >= 0.3 is 0 Å². The number of benzene rings is 4. The van der Waals surface area contributed by atoms with Crippen LogP contribution in [-0.4, -0.2) is 51.9 Å². The number of hydrogen-bond acceptors (Lipinski definition) is 4. The lowest BCUT2D eigenvalue weighted by atomic mass is 9.74. The first-order valence-corrected chi connectivity index (χ1v) is 19.6. The lowest BCUT2D eigenvalue weighted by Gasteiger charge is -2.50. The number of amides is 1. The molecule has 0 aromatic heterocycles. The van der Waals surface area contributed by atoms with Crippen molar-refractivity contribution in [3.8, 4) is 0 Å². The lowest BCUT2D eigenvalue weighted by molar-refractivity contribution is -0.133. The Balaban J connectivity index is 1.39. The topological polar surface area (TPSA) is 55.8 Å². The molecule has 2 aliphatic rings. The van der Waals surface area contributed by atoms with Gasteiger partial charge in [0.15, 0.2) is 0 Å². The second-order valence-electron chi connectivity index (χ2n) is 17.4. The van der Waals surface area contributed by atoms with Crippen LogP contribution in [0.5, 0.6) is 0 Å². The Morgan fingerprint density at radius 3 is 1.88 bits per heavy atom. The zero-order valence-corrected chi connectivity index (χ0v) is 32.8. The minimum atomic E-state index is -1.33. The highest BCUT2D eigenvalue weighted by atomic mass is 35.5. The number of halogens is 1. The van der Waals surface area contributed by atoms with E-state index in [4.69, 9.17) is 11.6 Å². The lowest BCUT2D eigenvalue weighted by Crippen LogP contribution is -2.64. The zero-order chi connectivity index (χ0) is 37.1. The van der Waals surface area contributed by atoms with Crippen molar-refractivity contribution >= 4 is 17.5 Å². The molecule has 2 fully saturated rings. The summed E-state index contributed by atoms with van der Waals surface area (Å²) in [5.41, 5.74) is 4.56. The molecule has 2 N–H and O–H groups in total. The van der Waals surface area contributed by atoms with Crippen LogP contribution in [0, 0.1) is 0 Å². The average Bonchev–Trinajstić information content (AvgIpc) is 3.12. The van der Waals surface area contributed by atoms with E-state index >= 15 is 0 Å². The molecule has 0 aliphatic carbocycles. The number of alkyl halides is 1. The molecule has 276 valence electrons. The Hall–Kier alpha value is -3.48. The van der Waals surface area contributed by atoms with E-state index < -0.39 is 22.6 Å². The summed E-state index contributed by atoms with van der Waals surface area (Å²) in [5.74, 6) is -0.236. The highest BCUT2D eigenvalue weighted by Gasteiger charge is 2.51. The Bertz CT molecular complexity index is 1800. The maximum atomic E-state index is 15.0. The molecule has 0 spiro atoms. The smallest absolute Gasteiger partial charge is 0.240 e. The fourth-order valence-corrected chi connectivity index (χ4v) is 8.82. The second-order valence-corrected chi connectivity index (χ2v) is 17.8. The van der Waals surface area contributed by atoms with Gasteiger partial charge in [-0.3, -0.25) is 14.6 Å². The maximum absolute atomic E-state index is 15.0.